The van der Waals surface area contributed by atoms with Crippen LogP contribution in [0.3, 0.4) is 0 Å². The molecule has 0 bridgehead atoms. The van der Waals surface area contributed by atoms with E-state index in [0.717, 1.165) is 28.2 Å². The Hall–Kier alpha value is -2.24. The lowest BCUT2D eigenvalue weighted by atomic mass is 10.1. The number of halogens is 1. The van der Waals surface area contributed by atoms with Crippen molar-refractivity contribution in [3.8, 4) is 11.5 Å². The van der Waals surface area contributed by atoms with Gasteiger partial charge in [-0.3, -0.25) is 4.79 Å². The zero-order valence-corrected chi connectivity index (χ0v) is 16.2. The number of amides is 1. The maximum Gasteiger partial charge on any atom is 0.275 e. The van der Waals surface area contributed by atoms with Crippen molar-refractivity contribution in [1.29, 1.82) is 0 Å². The standard InChI is InChI=1S/C20H25ClN2O3/c1-23(13-16-7-5-9-18(25-2)20(16)26-3)14-19(24)22-11-10-15-6-4-8-17(21)12-15/h4-9,12H,10-11,13-14H2,1-3H3,(H,22,24)/p+1. The molecule has 2 aromatic carbocycles. The summed E-state index contributed by atoms with van der Waals surface area (Å²) < 4.78 is 10.8. The van der Waals surface area contributed by atoms with Gasteiger partial charge in [0.05, 0.1) is 26.8 Å². The molecule has 0 radical (unpaired) electrons. The van der Waals surface area contributed by atoms with Crippen LogP contribution >= 0.6 is 11.6 Å². The first-order chi connectivity index (χ1) is 12.5. The summed E-state index contributed by atoms with van der Waals surface area (Å²) in [7, 11) is 5.22. The molecule has 5 nitrogen and oxygen atoms in total. The minimum absolute atomic E-state index is 0.0198. The van der Waals surface area contributed by atoms with Crippen molar-refractivity contribution >= 4 is 17.5 Å². The monoisotopic (exact) mass is 377 g/mol. The molecule has 1 amide bonds. The molecule has 2 N–H and O–H groups in total. The van der Waals surface area contributed by atoms with Crippen LogP contribution in [0.15, 0.2) is 42.5 Å². The molecule has 0 saturated heterocycles. The maximum atomic E-state index is 12.2. The van der Waals surface area contributed by atoms with Gasteiger partial charge in [0, 0.05) is 11.6 Å². The minimum Gasteiger partial charge on any atom is -0.493 e. The minimum atomic E-state index is 0.0198. The van der Waals surface area contributed by atoms with Gasteiger partial charge in [0.1, 0.15) is 6.54 Å². The SMILES string of the molecule is COc1cccc(C[NH+](C)CC(=O)NCCc2cccc(Cl)c2)c1OC. The number of ether oxygens (including phenoxy) is 2. The van der Waals surface area contributed by atoms with E-state index in [1.807, 2.05) is 49.5 Å². The van der Waals surface area contributed by atoms with E-state index in [1.165, 1.54) is 0 Å². The number of carbonyl (C=O) groups excluding carboxylic acids is 1. The molecule has 26 heavy (non-hydrogen) atoms. The summed E-state index contributed by atoms with van der Waals surface area (Å²) in [5, 5.41) is 3.67. The Balaban J connectivity index is 1.82. The topological polar surface area (TPSA) is 52.0 Å². The number of hydrogen-bond donors (Lipinski definition) is 2. The second kappa shape index (κ2) is 10.0. The summed E-state index contributed by atoms with van der Waals surface area (Å²) in [5.74, 6) is 1.44. The maximum absolute atomic E-state index is 12.2. The number of benzene rings is 2. The molecule has 0 spiro atoms. The molecule has 0 heterocycles. The van der Waals surface area contributed by atoms with Gasteiger partial charge in [-0.05, 0) is 36.2 Å². The van der Waals surface area contributed by atoms with E-state index in [9.17, 15) is 4.79 Å². The van der Waals surface area contributed by atoms with Crippen LogP contribution in [0, 0.1) is 0 Å². The third-order valence-corrected chi connectivity index (χ3v) is 4.30. The van der Waals surface area contributed by atoms with Crippen LogP contribution in [0.4, 0.5) is 0 Å². The average Bonchev–Trinajstić information content (AvgIpc) is 2.61. The van der Waals surface area contributed by atoms with Crippen LogP contribution in [-0.2, 0) is 17.8 Å². The van der Waals surface area contributed by atoms with Gasteiger partial charge in [-0.1, -0.05) is 29.8 Å². The van der Waals surface area contributed by atoms with Crippen molar-refractivity contribution in [3.63, 3.8) is 0 Å². The van der Waals surface area contributed by atoms with E-state index < -0.39 is 0 Å². The molecule has 0 aliphatic heterocycles. The molecule has 2 rings (SSSR count). The Morgan fingerprint density at radius 2 is 1.92 bits per heavy atom. The number of hydrogen-bond acceptors (Lipinski definition) is 3. The average molecular weight is 378 g/mol. The first kappa shape index (κ1) is 20.1. The van der Waals surface area contributed by atoms with Gasteiger partial charge in [0.25, 0.3) is 5.91 Å². The van der Waals surface area contributed by atoms with Gasteiger partial charge in [-0.25, -0.2) is 0 Å². The summed E-state index contributed by atoms with van der Waals surface area (Å²) in [6, 6.07) is 13.5. The first-order valence-corrected chi connectivity index (χ1v) is 8.93. The molecule has 140 valence electrons. The molecule has 0 aliphatic carbocycles. The van der Waals surface area contributed by atoms with Gasteiger partial charge in [-0.15, -0.1) is 0 Å². The Labute approximate surface area is 159 Å². The lowest BCUT2D eigenvalue weighted by Gasteiger charge is -2.17. The Morgan fingerprint density at radius 1 is 1.15 bits per heavy atom. The third-order valence-electron chi connectivity index (χ3n) is 4.06. The lowest BCUT2D eigenvalue weighted by Crippen LogP contribution is -3.08. The van der Waals surface area contributed by atoms with Crippen molar-refractivity contribution in [2.45, 2.75) is 13.0 Å². The smallest absolute Gasteiger partial charge is 0.275 e. The van der Waals surface area contributed by atoms with Crippen molar-refractivity contribution in [3.05, 3.63) is 58.6 Å². The number of likely N-dealkylation sites (N-methyl/N-ethyl adjacent to an activating group) is 1. The Morgan fingerprint density at radius 3 is 2.62 bits per heavy atom. The highest BCUT2D eigenvalue weighted by molar-refractivity contribution is 6.30. The predicted octanol–water partition coefficient (Wildman–Crippen LogP) is 1.73. The molecule has 0 aromatic heterocycles. The number of nitrogens with one attached hydrogen (secondary N) is 2. The summed E-state index contributed by atoms with van der Waals surface area (Å²) in [6.07, 6.45) is 0.759. The highest BCUT2D eigenvalue weighted by Gasteiger charge is 2.15. The summed E-state index contributed by atoms with van der Waals surface area (Å²) in [4.78, 5) is 13.2. The summed E-state index contributed by atoms with van der Waals surface area (Å²) in [5.41, 5.74) is 2.12. The Bertz CT molecular complexity index is 737. The quantitative estimate of drug-likeness (QED) is 0.699. The number of carbonyl (C=O) groups is 1. The van der Waals surface area contributed by atoms with Crippen molar-refractivity contribution < 1.29 is 19.2 Å². The van der Waals surface area contributed by atoms with Crippen molar-refractivity contribution in [2.75, 3.05) is 34.4 Å². The second-order valence-corrected chi connectivity index (χ2v) is 6.63. The number of quaternary nitrogens is 1. The number of rotatable bonds is 9. The fraction of sp³-hybridized carbons (Fsp3) is 0.350. The highest BCUT2D eigenvalue weighted by atomic mass is 35.5. The third kappa shape index (κ3) is 5.93. The fourth-order valence-electron chi connectivity index (χ4n) is 2.86. The van der Waals surface area contributed by atoms with E-state index in [4.69, 9.17) is 21.1 Å². The molecule has 0 saturated carbocycles. The molecule has 2 aromatic rings. The fourth-order valence-corrected chi connectivity index (χ4v) is 3.07. The zero-order chi connectivity index (χ0) is 18.9. The van der Waals surface area contributed by atoms with Gasteiger partial charge >= 0.3 is 0 Å². The Kier molecular flexibility index (Phi) is 7.75. The zero-order valence-electron chi connectivity index (χ0n) is 15.5. The van der Waals surface area contributed by atoms with E-state index in [1.54, 1.807) is 14.2 Å². The molecule has 1 unspecified atom stereocenters. The normalized spacial score (nSPS) is 11.7. The number of methoxy groups -OCH3 is 2. The van der Waals surface area contributed by atoms with Crippen LogP contribution in [-0.4, -0.2) is 40.3 Å². The van der Waals surface area contributed by atoms with Gasteiger partial charge in [0.15, 0.2) is 18.0 Å². The van der Waals surface area contributed by atoms with E-state index >= 15 is 0 Å². The molecule has 0 fully saturated rings. The van der Waals surface area contributed by atoms with Crippen LogP contribution < -0.4 is 19.7 Å². The molecule has 1 atom stereocenters. The van der Waals surface area contributed by atoms with Gasteiger partial charge < -0.3 is 19.7 Å². The van der Waals surface area contributed by atoms with Crippen LogP contribution in [0.25, 0.3) is 0 Å². The lowest BCUT2D eigenvalue weighted by molar-refractivity contribution is -0.885. The number of para-hydroxylation sites is 1. The predicted molar refractivity (Wildman–Crippen MR) is 103 cm³/mol. The molecular formula is C20H26ClN2O3+. The highest BCUT2D eigenvalue weighted by Crippen LogP contribution is 2.29. The van der Waals surface area contributed by atoms with Crippen molar-refractivity contribution in [1.82, 2.24) is 5.32 Å². The summed E-state index contributed by atoms with van der Waals surface area (Å²) >= 11 is 5.97. The molecule has 0 aliphatic rings. The van der Waals surface area contributed by atoms with Crippen LogP contribution in [0.1, 0.15) is 11.1 Å². The second-order valence-electron chi connectivity index (χ2n) is 6.19. The summed E-state index contributed by atoms with van der Waals surface area (Å²) in [6.45, 7) is 1.65. The van der Waals surface area contributed by atoms with Gasteiger partial charge in [-0.2, -0.15) is 0 Å². The van der Waals surface area contributed by atoms with E-state index in [2.05, 4.69) is 5.32 Å². The molecular weight excluding hydrogens is 352 g/mol. The van der Waals surface area contributed by atoms with Crippen LogP contribution in [0.5, 0.6) is 11.5 Å². The largest absolute Gasteiger partial charge is 0.493 e. The van der Waals surface area contributed by atoms with Gasteiger partial charge in [0.2, 0.25) is 0 Å². The van der Waals surface area contributed by atoms with Crippen molar-refractivity contribution in [2.24, 2.45) is 0 Å². The first-order valence-electron chi connectivity index (χ1n) is 8.55. The van der Waals surface area contributed by atoms with E-state index in [0.29, 0.717) is 30.4 Å². The molecule has 6 heteroatoms. The van der Waals surface area contributed by atoms with E-state index in [-0.39, 0.29) is 5.91 Å². The van der Waals surface area contributed by atoms with Crippen LogP contribution in [0.2, 0.25) is 5.02 Å².